The highest BCUT2D eigenvalue weighted by molar-refractivity contribution is 7.19. The van der Waals surface area contributed by atoms with Crippen molar-refractivity contribution >= 4 is 57.0 Å². The summed E-state index contributed by atoms with van der Waals surface area (Å²) >= 11 is 7.75. The molecule has 2 aromatic heterocycles. The smallest absolute Gasteiger partial charge is 0.241 e. The predicted molar refractivity (Wildman–Crippen MR) is 126 cm³/mol. The maximum Gasteiger partial charge on any atom is 0.241 e. The van der Waals surface area contributed by atoms with E-state index < -0.39 is 0 Å². The Labute approximate surface area is 191 Å². The van der Waals surface area contributed by atoms with Gasteiger partial charge < -0.3 is 10.2 Å². The Morgan fingerprint density at radius 2 is 2.10 bits per heavy atom. The third-order valence-electron chi connectivity index (χ3n) is 5.78. The highest BCUT2D eigenvalue weighted by atomic mass is 35.5. The van der Waals surface area contributed by atoms with Crippen molar-refractivity contribution in [2.45, 2.75) is 19.4 Å². The van der Waals surface area contributed by atoms with E-state index in [0.29, 0.717) is 11.6 Å². The Morgan fingerprint density at radius 1 is 1.20 bits per heavy atom. The number of halogens is 2. The van der Waals surface area contributed by atoms with E-state index in [1.807, 2.05) is 28.4 Å². The lowest BCUT2D eigenvalue weighted by molar-refractivity contribution is -0.121. The molecule has 0 radical (unpaired) electrons. The van der Waals surface area contributed by atoms with Gasteiger partial charge in [0.05, 0.1) is 11.6 Å². The van der Waals surface area contributed by atoms with Crippen molar-refractivity contribution in [3.8, 4) is 0 Å². The van der Waals surface area contributed by atoms with Crippen LogP contribution in [0.4, 0.5) is 5.69 Å². The third-order valence-corrected chi connectivity index (χ3v) is 7.20. The Kier molecular flexibility index (Phi) is 6.60. The van der Waals surface area contributed by atoms with Crippen LogP contribution in [-0.4, -0.2) is 48.5 Å². The van der Waals surface area contributed by atoms with Crippen molar-refractivity contribution in [3.63, 3.8) is 0 Å². The molecule has 3 aromatic rings. The lowest BCUT2D eigenvalue weighted by Crippen LogP contribution is -2.50. The molecule has 0 aliphatic carbocycles. The Balaban J connectivity index is 0.00000218. The first-order chi connectivity index (χ1) is 14.2. The van der Waals surface area contributed by atoms with Crippen molar-refractivity contribution in [1.29, 1.82) is 0 Å². The van der Waals surface area contributed by atoms with Crippen molar-refractivity contribution in [1.82, 2.24) is 15.2 Å². The number of benzene rings is 1. The van der Waals surface area contributed by atoms with Crippen LogP contribution < -0.4 is 10.2 Å². The minimum absolute atomic E-state index is 0. The molecule has 5 rings (SSSR count). The molecule has 0 saturated carbocycles. The van der Waals surface area contributed by atoms with Gasteiger partial charge in [0.1, 0.15) is 0 Å². The molecule has 1 aromatic carbocycles. The quantitative estimate of drug-likeness (QED) is 0.638. The minimum atomic E-state index is 0. The van der Waals surface area contributed by atoms with Crippen LogP contribution in [0.15, 0.2) is 36.5 Å². The number of thiophene rings is 1. The van der Waals surface area contributed by atoms with Gasteiger partial charge in [-0.05, 0) is 48.2 Å². The van der Waals surface area contributed by atoms with E-state index in [-0.39, 0.29) is 18.3 Å². The van der Waals surface area contributed by atoms with E-state index in [9.17, 15) is 4.79 Å². The Bertz CT molecular complexity index is 1050. The largest absolute Gasteiger partial charge is 0.312 e. The standard InChI is InChI=1S/C22H23ClN4OS.ClH/c23-15-1-2-16(25-12-15)6-8-26-9-10-27(22(28)14-26)17-3-4-18-19-5-7-24-13-21(19)29-20(18)11-17;/h1-4,11-12,24H,5-10,13-14H2;1H. The maximum absolute atomic E-state index is 12.8. The second-order valence-corrected chi connectivity index (χ2v) is 9.22. The third kappa shape index (κ3) is 4.34. The number of rotatable bonds is 4. The SMILES string of the molecule is Cl.O=C1CN(CCc2ccc(Cl)cn2)CCN1c1ccc2c3c(sc2c1)CNCC3. The van der Waals surface area contributed by atoms with E-state index >= 15 is 0 Å². The highest BCUT2D eigenvalue weighted by Crippen LogP contribution is 2.36. The maximum atomic E-state index is 12.8. The minimum Gasteiger partial charge on any atom is -0.312 e. The number of hydrogen-bond acceptors (Lipinski definition) is 5. The summed E-state index contributed by atoms with van der Waals surface area (Å²) in [6, 6.07) is 10.3. The molecule has 1 N–H and O–H groups in total. The van der Waals surface area contributed by atoms with Gasteiger partial charge in [-0.2, -0.15) is 0 Å². The van der Waals surface area contributed by atoms with Crippen LogP contribution in [0.2, 0.25) is 5.02 Å². The number of hydrogen-bond donors (Lipinski definition) is 1. The second-order valence-electron chi connectivity index (χ2n) is 7.65. The first-order valence-corrected chi connectivity index (χ1v) is 11.2. The van der Waals surface area contributed by atoms with Gasteiger partial charge in [0.2, 0.25) is 5.91 Å². The van der Waals surface area contributed by atoms with Crippen molar-refractivity contribution in [2.75, 3.05) is 37.6 Å². The lowest BCUT2D eigenvalue weighted by Gasteiger charge is -2.34. The molecule has 1 amide bonds. The van der Waals surface area contributed by atoms with Crippen LogP contribution in [0.25, 0.3) is 10.1 Å². The number of nitrogens with zero attached hydrogens (tertiary/aromatic N) is 3. The average molecular weight is 463 g/mol. The summed E-state index contributed by atoms with van der Waals surface area (Å²) < 4.78 is 1.29. The summed E-state index contributed by atoms with van der Waals surface area (Å²) in [6.45, 7) is 4.90. The van der Waals surface area contributed by atoms with Gasteiger partial charge in [-0.1, -0.05) is 17.7 Å². The Hall–Kier alpha value is -1.70. The number of carbonyl (C=O) groups is 1. The average Bonchev–Trinajstić information content (AvgIpc) is 3.11. The number of fused-ring (bicyclic) bond motifs is 3. The molecule has 1 saturated heterocycles. The number of carbonyl (C=O) groups excluding carboxylic acids is 1. The summed E-state index contributed by atoms with van der Waals surface area (Å²) in [6.07, 6.45) is 3.59. The fourth-order valence-electron chi connectivity index (χ4n) is 4.20. The van der Waals surface area contributed by atoms with Gasteiger partial charge in [0, 0.05) is 59.8 Å². The molecule has 0 spiro atoms. The number of piperazine rings is 1. The van der Waals surface area contributed by atoms with Gasteiger partial charge in [0.15, 0.2) is 0 Å². The molecule has 0 unspecified atom stereocenters. The van der Waals surface area contributed by atoms with E-state index in [4.69, 9.17) is 11.6 Å². The van der Waals surface area contributed by atoms with Gasteiger partial charge >= 0.3 is 0 Å². The molecule has 5 nitrogen and oxygen atoms in total. The number of aromatic nitrogens is 1. The lowest BCUT2D eigenvalue weighted by atomic mass is 10.0. The molecule has 1 fully saturated rings. The summed E-state index contributed by atoms with van der Waals surface area (Å²) in [5.74, 6) is 0.169. The van der Waals surface area contributed by atoms with Crippen molar-refractivity contribution < 1.29 is 4.79 Å². The van der Waals surface area contributed by atoms with Crippen LogP contribution in [0.5, 0.6) is 0 Å². The fourth-order valence-corrected chi connectivity index (χ4v) is 5.57. The zero-order valence-corrected chi connectivity index (χ0v) is 19.0. The van der Waals surface area contributed by atoms with Crippen LogP contribution in [0, 0.1) is 0 Å². The van der Waals surface area contributed by atoms with Crippen molar-refractivity contribution in [3.05, 3.63) is 57.7 Å². The highest BCUT2D eigenvalue weighted by Gasteiger charge is 2.25. The summed E-state index contributed by atoms with van der Waals surface area (Å²) in [7, 11) is 0. The van der Waals surface area contributed by atoms with Crippen molar-refractivity contribution in [2.24, 2.45) is 0 Å². The van der Waals surface area contributed by atoms with Gasteiger partial charge in [-0.3, -0.25) is 14.7 Å². The van der Waals surface area contributed by atoms with Gasteiger partial charge in [-0.25, -0.2) is 0 Å². The zero-order valence-electron chi connectivity index (χ0n) is 16.6. The fraction of sp³-hybridized carbons (Fsp3) is 0.364. The second kappa shape index (κ2) is 9.20. The Morgan fingerprint density at radius 3 is 2.90 bits per heavy atom. The first-order valence-electron chi connectivity index (χ1n) is 10.1. The van der Waals surface area contributed by atoms with E-state index in [1.54, 1.807) is 6.20 Å². The monoisotopic (exact) mass is 462 g/mol. The van der Waals surface area contributed by atoms with Crippen LogP contribution in [0.3, 0.4) is 0 Å². The molecule has 2 aliphatic rings. The van der Waals surface area contributed by atoms with E-state index in [0.717, 1.165) is 56.9 Å². The number of pyridine rings is 1. The molecule has 2 aliphatic heterocycles. The summed E-state index contributed by atoms with van der Waals surface area (Å²) in [4.78, 5) is 22.8. The van der Waals surface area contributed by atoms with Gasteiger partial charge in [0.25, 0.3) is 0 Å². The molecule has 0 atom stereocenters. The molecule has 158 valence electrons. The van der Waals surface area contributed by atoms with E-state index in [1.165, 1.54) is 20.5 Å². The predicted octanol–water partition coefficient (Wildman–Crippen LogP) is 3.91. The zero-order chi connectivity index (χ0) is 19.8. The number of amides is 1. The molecular formula is C22H24Cl2N4OS. The number of anilines is 1. The molecule has 30 heavy (non-hydrogen) atoms. The van der Waals surface area contributed by atoms with Crippen LogP contribution in [0.1, 0.15) is 16.1 Å². The number of nitrogens with one attached hydrogen (secondary N) is 1. The van der Waals surface area contributed by atoms with Crippen LogP contribution in [-0.2, 0) is 24.2 Å². The molecular weight excluding hydrogens is 439 g/mol. The topological polar surface area (TPSA) is 48.5 Å². The summed E-state index contributed by atoms with van der Waals surface area (Å²) in [5, 5.41) is 5.46. The summed E-state index contributed by atoms with van der Waals surface area (Å²) in [5.41, 5.74) is 3.52. The molecule has 4 heterocycles. The first kappa shape index (κ1) is 21.5. The molecule has 0 bridgehead atoms. The van der Waals surface area contributed by atoms with Crippen LogP contribution >= 0.6 is 35.3 Å². The van der Waals surface area contributed by atoms with E-state index in [2.05, 4.69) is 33.4 Å². The normalized spacial score (nSPS) is 17.1. The molecule has 8 heteroatoms. The van der Waals surface area contributed by atoms with Gasteiger partial charge in [-0.15, -0.1) is 23.7 Å².